The molecular formula is C20H24ClN3O2. The molecule has 0 unspecified atom stereocenters. The van der Waals surface area contributed by atoms with Crippen LogP contribution < -0.4 is 10.7 Å². The van der Waals surface area contributed by atoms with Crippen LogP contribution in [-0.2, 0) is 0 Å². The number of hydrogen-bond acceptors (Lipinski definition) is 2. The topological polar surface area (TPSA) is 66.6 Å². The van der Waals surface area contributed by atoms with Crippen molar-refractivity contribution >= 4 is 29.2 Å². The molecule has 138 valence electrons. The van der Waals surface area contributed by atoms with Crippen molar-refractivity contribution in [3.63, 3.8) is 0 Å². The Bertz CT molecular complexity index is 806. The number of nitrogens with two attached hydrogens (primary N) is 1. The number of carbonyl (C=O) groups excluding carboxylic acids is 2. The molecule has 6 heteroatoms. The first-order valence-electron chi connectivity index (χ1n) is 8.28. The standard InChI is InChI=1S/C20H24ClN3O2/c1-13-10-14(2)12-15(11-13)18(25)24(20(3,4)5)23(19(22)26)17-8-6-16(21)7-9-17/h6-12H,1-5H3,(H2,22,26). The van der Waals surface area contributed by atoms with Crippen LogP contribution in [0.4, 0.5) is 10.5 Å². The second kappa shape index (κ2) is 7.38. The van der Waals surface area contributed by atoms with E-state index < -0.39 is 11.6 Å². The van der Waals surface area contributed by atoms with Crippen LogP contribution in [0.15, 0.2) is 42.5 Å². The van der Waals surface area contributed by atoms with E-state index in [2.05, 4.69) is 0 Å². The molecule has 2 rings (SSSR count). The molecule has 0 atom stereocenters. The molecule has 0 aliphatic heterocycles. The van der Waals surface area contributed by atoms with E-state index in [1.54, 1.807) is 36.4 Å². The second-order valence-corrected chi connectivity index (χ2v) is 7.73. The monoisotopic (exact) mass is 373 g/mol. The third-order valence-electron chi connectivity index (χ3n) is 3.78. The fraction of sp³-hybridized carbons (Fsp3) is 0.300. The van der Waals surface area contributed by atoms with E-state index in [9.17, 15) is 9.59 Å². The van der Waals surface area contributed by atoms with E-state index in [0.717, 1.165) is 11.1 Å². The molecule has 0 spiro atoms. The van der Waals surface area contributed by atoms with Crippen molar-refractivity contribution in [2.24, 2.45) is 5.73 Å². The second-order valence-electron chi connectivity index (χ2n) is 7.29. The van der Waals surface area contributed by atoms with E-state index >= 15 is 0 Å². The summed E-state index contributed by atoms with van der Waals surface area (Å²) in [5.74, 6) is -0.307. The molecular weight excluding hydrogens is 350 g/mol. The summed E-state index contributed by atoms with van der Waals surface area (Å²) >= 11 is 5.94. The summed E-state index contributed by atoms with van der Waals surface area (Å²) < 4.78 is 0. The largest absolute Gasteiger partial charge is 0.350 e. The van der Waals surface area contributed by atoms with Gasteiger partial charge < -0.3 is 5.73 Å². The zero-order valence-electron chi connectivity index (χ0n) is 15.7. The van der Waals surface area contributed by atoms with Gasteiger partial charge >= 0.3 is 6.03 Å². The maximum absolute atomic E-state index is 13.3. The van der Waals surface area contributed by atoms with Crippen molar-refractivity contribution in [2.75, 3.05) is 5.01 Å². The zero-order valence-corrected chi connectivity index (χ0v) is 16.5. The van der Waals surface area contributed by atoms with Gasteiger partial charge in [-0.15, -0.1) is 0 Å². The average molecular weight is 374 g/mol. The Morgan fingerprint density at radius 3 is 1.88 bits per heavy atom. The lowest BCUT2D eigenvalue weighted by Gasteiger charge is -2.42. The predicted octanol–water partition coefficient (Wildman–Crippen LogP) is 4.70. The molecule has 2 N–H and O–H groups in total. The van der Waals surface area contributed by atoms with E-state index in [0.29, 0.717) is 16.3 Å². The molecule has 0 saturated heterocycles. The van der Waals surface area contributed by atoms with Crippen molar-refractivity contribution in [1.29, 1.82) is 0 Å². The van der Waals surface area contributed by atoms with E-state index in [-0.39, 0.29) is 5.91 Å². The number of amides is 3. The summed E-state index contributed by atoms with van der Waals surface area (Å²) in [6, 6.07) is 11.4. The van der Waals surface area contributed by atoms with E-state index in [1.807, 2.05) is 40.7 Å². The molecule has 2 aromatic carbocycles. The fourth-order valence-corrected chi connectivity index (χ4v) is 2.97. The summed E-state index contributed by atoms with van der Waals surface area (Å²) in [4.78, 5) is 25.6. The number of hydrogen-bond donors (Lipinski definition) is 1. The highest BCUT2D eigenvalue weighted by Crippen LogP contribution is 2.27. The normalized spacial score (nSPS) is 11.2. The van der Waals surface area contributed by atoms with Gasteiger partial charge in [-0.3, -0.25) is 4.79 Å². The number of primary amides is 1. The molecule has 0 fully saturated rings. The van der Waals surface area contributed by atoms with Crippen LogP contribution in [0.3, 0.4) is 0 Å². The minimum absolute atomic E-state index is 0.307. The predicted molar refractivity (Wildman–Crippen MR) is 105 cm³/mol. The molecule has 0 bridgehead atoms. The minimum atomic E-state index is -0.750. The van der Waals surface area contributed by atoms with Gasteiger partial charge in [-0.1, -0.05) is 28.8 Å². The minimum Gasteiger partial charge on any atom is -0.350 e. The van der Waals surface area contributed by atoms with Crippen LogP contribution in [0, 0.1) is 13.8 Å². The third-order valence-corrected chi connectivity index (χ3v) is 4.03. The Morgan fingerprint density at radius 1 is 0.962 bits per heavy atom. The third kappa shape index (κ3) is 4.35. The summed E-state index contributed by atoms with van der Waals surface area (Å²) in [5.41, 5.74) is 7.86. The van der Waals surface area contributed by atoms with Crippen molar-refractivity contribution in [3.05, 3.63) is 64.2 Å². The van der Waals surface area contributed by atoms with Crippen LogP contribution in [0.25, 0.3) is 0 Å². The lowest BCUT2D eigenvalue weighted by molar-refractivity contribution is 0.0568. The Morgan fingerprint density at radius 2 is 1.46 bits per heavy atom. The van der Waals surface area contributed by atoms with Gasteiger partial charge in [-0.25, -0.2) is 9.80 Å². The summed E-state index contributed by atoms with van der Waals surface area (Å²) in [6.07, 6.45) is 0. The lowest BCUT2D eigenvalue weighted by atomic mass is 10.0. The molecule has 2 aromatic rings. The van der Waals surface area contributed by atoms with E-state index in [1.165, 1.54) is 10.0 Å². The molecule has 0 radical (unpaired) electrons. The number of nitrogens with zero attached hydrogens (tertiary/aromatic N) is 2. The van der Waals surface area contributed by atoms with E-state index in [4.69, 9.17) is 17.3 Å². The van der Waals surface area contributed by atoms with Crippen LogP contribution in [-0.4, -0.2) is 22.5 Å². The smallest absolute Gasteiger partial charge is 0.338 e. The highest BCUT2D eigenvalue weighted by Gasteiger charge is 2.36. The number of urea groups is 1. The summed E-state index contributed by atoms with van der Waals surface area (Å²) in [6.45, 7) is 9.39. The molecule has 0 saturated carbocycles. The van der Waals surface area contributed by atoms with Gasteiger partial charge in [0.1, 0.15) is 0 Å². The lowest BCUT2D eigenvalue weighted by Crippen LogP contribution is -2.60. The maximum atomic E-state index is 13.3. The Kier molecular flexibility index (Phi) is 5.62. The van der Waals surface area contributed by atoms with Gasteiger partial charge in [0.2, 0.25) is 0 Å². The molecule has 5 nitrogen and oxygen atoms in total. The number of anilines is 1. The van der Waals surface area contributed by atoms with Crippen LogP contribution in [0.5, 0.6) is 0 Å². The van der Waals surface area contributed by atoms with Crippen LogP contribution >= 0.6 is 11.6 Å². The first-order chi connectivity index (χ1) is 12.0. The van der Waals surface area contributed by atoms with Crippen molar-refractivity contribution in [3.8, 4) is 0 Å². The number of hydrazine groups is 1. The maximum Gasteiger partial charge on any atom is 0.338 e. The van der Waals surface area contributed by atoms with Gasteiger partial charge in [0.15, 0.2) is 0 Å². The average Bonchev–Trinajstić information content (AvgIpc) is 2.50. The molecule has 0 aromatic heterocycles. The van der Waals surface area contributed by atoms with Gasteiger partial charge in [0.25, 0.3) is 5.91 Å². The number of halogens is 1. The van der Waals surface area contributed by atoms with Gasteiger partial charge in [0.05, 0.1) is 11.2 Å². The highest BCUT2D eigenvalue weighted by molar-refractivity contribution is 6.30. The molecule has 26 heavy (non-hydrogen) atoms. The van der Waals surface area contributed by atoms with Crippen LogP contribution in [0.1, 0.15) is 42.3 Å². The number of aryl methyl sites for hydroxylation is 2. The number of carbonyl (C=O) groups is 2. The summed E-state index contributed by atoms with van der Waals surface area (Å²) in [5, 5.41) is 3.10. The Hall–Kier alpha value is -2.53. The Labute approximate surface area is 159 Å². The first kappa shape index (κ1) is 19.8. The number of rotatable bonds is 2. The van der Waals surface area contributed by atoms with Crippen molar-refractivity contribution in [2.45, 2.75) is 40.2 Å². The van der Waals surface area contributed by atoms with Gasteiger partial charge in [0, 0.05) is 10.6 Å². The fourth-order valence-electron chi connectivity index (χ4n) is 2.84. The van der Waals surface area contributed by atoms with Crippen molar-refractivity contribution < 1.29 is 9.59 Å². The molecule has 0 aliphatic rings. The molecule has 0 heterocycles. The summed E-state index contributed by atoms with van der Waals surface area (Å²) in [7, 11) is 0. The van der Waals surface area contributed by atoms with Crippen LogP contribution in [0.2, 0.25) is 5.02 Å². The van der Waals surface area contributed by atoms with Crippen molar-refractivity contribution in [1.82, 2.24) is 5.01 Å². The SMILES string of the molecule is Cc1cc(C)cc(C(=O)N(N(C(N)=O)c2ccc(Cl)cc2)C(C)(C)C)c1. The number of benzene rings is 2. The zero-order chi connectivity index (χ0) is 19.6. The van der Waals surface area contributed by atoms with Gasteiger partial charge in [-0.2, -0.15) is 5.01 Å². The molecule has 3 amide bonds. The Balaban J connectivity index is 2.59. The first-order valence-corrected chi connectivity index (χ1v) is 8.66. The highest BCUT2D eigenvalue weighted by atomic mass is 35.5. The molecule has 0 aliphatic carbocycles. The quantitative estimate of drug-likeness (QED) is 0.775. The van der Waals surface area contributed by atoms with Gasteiger partial charge in [-0.05, 0) is 71.0 Å².